The molecule has 2 saturated heterocycles. The highest BCUT2D eigenvalue weighted by molar-refractivity contribution is 7.13. The van der Waals surface area contributed by atoms with Crippen molar-refractivity contribution in [3.05, 3.63) is 143 Å². The van der Waals surface area contributed by atoms with Crippen molar-refractivity contribution in [2.24, 2.45) is 5.41 Å². The Bertz CT molecular complexity index is 2620. The molecule has 2 fully saturated rings. The molecule has 1 unspecified atom stereocenters. The summed E-state index contributed by atoms with van der Waals surface area (Å²) in [6.07, 6.45) is 0.250. The fraction of sp³-hybridized carbons (Fsp3) is 0.431. The van der Waals surface area contributed by atoms with Gasteiger partial charge >= 0.3 is 0 Å². The Morgan fingerprint density at radius 2 is 1.42 bits per heavy atom. The van der Waals surface area contributed by atoms with E-state index in [0.29, 0.717) is 25.6 Å². The van der Waals surface area contributed by atoms with Gasteiger partial charge in [-0.1, -0.05) is 118 Å². The van der Waals surface area contributed by atoms with Gasteiger partial charge < -0.3 is 39.8 Å². The number of piperazine rings is 1. The summed E-state index contributed by atoms with van der Waals surface area (Å²) in [5.74, 6) is 0.205. The molecule has 1 aromatic heterocycles. The Morgan fingerprint density at radius 1 is 0.784 bits per heavy atom. The van der Waals surface area contributed by atoms with Gasteiger partial charge in [-0.2, -0.15) is 0 Å². The normalized spacial score (nSPS) is 16.9. The van der Waals surface area contributed by atoms with E-state index in [2.05, 4.69) is 81.2 Å². The number of benzene rings is 4. The van der Waals surface area contributed by atoms with Crippen LogP contribution < -0.4 is 15.4 Å². The highest BCUT2D eigenvalue weighted by Crippen LogP contribution is 2.36. The maximum absolute atomic E-state index is 14.0. The second kappa shape index (κ2) is 27.6. The monoisotopic (exact) mass is 1050 g/mol. The fourth-order valence-corrected chi connectivity index (χ4v) is 10.3. The predicted molar refractivity (Wildman–Crippen MR) is 292 cm³/mol. The number of hydrogen-bond donors (Lipinski definition) is 3. The number of thiazole rings is 1. The highest BCUT2D eigenvalue weighted by Gasteiger charge is 2.44. The lowest BCUT2D eigenvalue weighted by Crippen LogP contribution is -2.57. The van der Waals surface area contributed by atoms with Crippen molar-refractivity contribution in [2.75, 3.05) is 78.2 Å². The molecular weight excluding hydrogens is 976 g/mol. The SMILES string of the molecule is Cc1ncsc1-c1ccc(CNC(=O)[C@@H]2C[C@@H](O)CN2C(=O)C(NC(=O)CCOCCOCCC(=O)N2CCN(CCOc3ccc(/C(=C(/CCCl)c4ccccc4)c4ccccc4)cc3)CC2)C(C)(C)C)cc1. The van der Waals surface area contributed by atoms with Crippen molar-refractivity contribution < 1.29 is 38.5 Å². The van der Waals surface area contributed by atoms with Crippen LogP contribution in [-0.4, -0.2) is 145 Å². The molecule has 2 aliphatic rings. The van der Waals surface area contributed by atoms with E-state index in [4.69, 9.17) is 25.8 Å². The number of nitrogens with zero attached hydrogens (tertiary/aromatic N) is 4. The summed E-state index contributed by atoms with van der Waals surface area (Å²) in [4.78, 5) is 64.5. The molecule has 0 saturated carbocycles. The number of hydrogen-bond acceptors (Lipinski definition) is 11. The Morgan fingerprint density at radius 3 is 2.04 bits per heavy atom. The van der Waals surface area contributed by atoms with Crippen LogP contribution in [-0.2, 0) is 35.2 Å². The Labute approximate surface area is 445 Å². The van der Waals surface area contributed by atoms with Crippen molar-refractivity contribution in [1.29, 1.82) is 0 Å². The lowest BCUT2D eigenvalue weighted by atomic mass is 9.85. The molecule has 2 aliphatic heterocycles. The second-order valence-electron chi connectivity index (χ2n) is 19.8. The predicted octanol–water partition coefficient (Wildman–Crippen LogP) is 7.85. The van der Waals surface area contributed by atoms with Crippen LogP contribution >= 0.6 is 22.9 Å². The number of allylic oxidation sites excluding steroid dienone is 1. The van der Waals surface area contributed by atoms with Gasteiger partial charge in [0.05, 0.1) is 55.0 Å². The molecule has 74 heavy (non-hydrogen) atoms. The molecule has 0 bridgehead atoms. The maximum atomic E-state index is 14.0. The number of aromatic nitrogens is 1. The van der Waals surface area contributed by atoms with Crippen LogP contribution in [0, 0.1) is 12.3 Å². The molecule has 14 nitrogen and oxygen atoms in total. The lowest BCUT2D eigenvalue weighted by molar-refractivity contribution is -0.144. The summed E-state index contributed by atoms with van der Waals surface area (Å²) in [5.41, 5.74) is 9.80. The molecule has 394 valence electrons. The Balaban J connectivity index is 0.758. The van der Waals surface area contributed by atoms with E-state index in [1.165, 1.54) is 10.5 Å². The molecule has 0 aliphatic carbocycles. The molecule has 3 heterocycles. The van der Waals surface area contributed by atoms with Crippen molar-refractivity contribution in [2.45, 2.75) is 78.1 Å². The zero-order chi connectivity index (χ0) is 52.5. The molecule has 16 heteroatoms. The molecule has 5 aromatic rings. The number of likely N-dealkylation sites (tertiary alicyclic amines) is 1. The van der Waals surface area contributed by atoms with E-state index in [1.807, 2.05) is 86.6 Å². The first-order valence-electron chi connectivity index (χ1n) is 25.6. The van der Waals surface area contributed by atoms with E-state index in [0.717, 1.165) is 75.8 Å². The molecule has 0 radical (unpaired) electrons. The number of rotatable bonds is 24. The van der Waals surface area contributed by atoms with Crippen molar-refractivity contribution in [3.8, 4) is 16.2 Å². The molecule has 3 N–H and O–H groups in total. The summed E-state index contributed by atoms with van der Waals surface area (Å²) in [6.45, 7) is 12.7. The third kappa shape index (κ3) is 15.8. The van der Waals surface area contributed by atoms with Crippen LogP contribution in [0.5, 0.6) is 5.75 Å². The average Bonchev–Trinajstić information content (AvgIpc) is 4.03. The number of aliphatic hydroxyl groups is 1. The zero-order valence-electron chi connectivity index (χ0n) is 43.1. The number of amides is 4. The first-order chi connectivity index (χ1) is 35.8. The third-order valence-electron chi connectivity index (χ3n) is 13.4. The number of halogens is 1. The Hall–Kier alpha value is -5.94. The van der Waals surface area contributed by atoms with Crippen LogP contribution in [0.15, 0.2) is 115 Å². The molecule has 7 rings (SSSR count). The summed E-state index contributed by atoms with van der Waals surface area (Å²) in [7, 11) is 0. The van der Waals surface area contributed by atoms with Gasteiger partial charge in [0.25, 0.3) is 0 Å². The number of nitrogens with one attached hydrogen (secondary N) is 2. The van der Waals surface area contributed by atoms with E-state index in [1.54, 1.807) is 11.3 Å². The third-order valence-corrected chi connectivity index (χ3v) is 14.6. The van der Waals surface area contributed by atoms with Gasteiger partial charge in [-0.05, 0) is 69.9 Å². The van der Waals surface area contributed by atoms with Gasteiger partial charge in [-0.25, -0.2) is 4.98 Å². The van der Waals surface area contributed by atoms with Crippen LogP contribution in [0.4, 0.5) is 0 Å². The number of ether oxygens (including phenoxy) is 3. The summed E-state index contributed by atoms with van der Waals surface area (Å²) in [6, 6.07) is 35.2. The highest BCUT2D eigenvalue weighted by atomic mass is 35.5. The number of aryl methyl sites for hydroxylation is 1. The van der Waals surface area contributed by atoms with Crippen molar-refractivity contribution in [3.63, 3.8) is 0 Å². The molecule has 4 amide bonds. The van der Waals surface area contributed by atoms with E-state index in [9.17, 15) is 24.3 Å². The van der Waals surface area contributed by atoms with Crippen LogP contribution in [0.2, 0.25) is 0 Å². The number of aliphatic hydroxyl groups excluding tert-OH is 1. The molecule has 0 spiro atoms. The van der Waals surface area contributed by atoms with E-state index >= 15 is 0 Å². The van der Waals surface area contributed by atoms with Crippen LogP contribution in [0.25, 0.3) is 21.6 Å². The quantitative estimate of drug-likeness (QED) is 0.0315. The van der Waals surface area contributed by atoms with Gasteiger partial charge in [0.1, 0.15) is 24.4 Å². The van der Waals surface area contributed by atoms with Crippen molar-refractivity contribution in [1.82, 2.24) is 30.3 Å². The second-order valence-corrected chi connectivity index (χ2v) is 21.0. The van der Waals surface area contributed by atoms with Gasteiger partial charge in [-0.15, -0.1) is 22.9 Å². The summed E-state index contributed by atoms with van der Waals surface area (Å²) < 4.78 is 17.5. The minimum atomic E-state index is -0.940. The number of alkyl halides is 1. The van der Waals surface area contributed by atoms with E-state index in [-0.39, 0.29) is 76.5 Å². The minimum Gasteiger partial charge on any atom is -0.492 e. The zero-order valence-corrected chi connectivity index (χ0v) is 44.7. The van der Waals surface area contributed by atoms with Gasteiger partial charge in [-0.3, -0.25) is 24.1 Å². The van der Waals surface area contributed by atoms with Gasteiger partial charge in [0, 0.05) is 64.5 Å². The smallest absolute Gasteiger partial charge is 0.246 e. The summed E-state index contributed by atoms with van der Waals surface area (Å²) >= 11 is 7.91. The van der Waals surface area contributed by atoms with Crippen LogP contribution in [0.3, 0.4) is 0 Å². The Kier molecular flexibility index (Phi) is 20.8. The number of carbonyl (C=O) groups is 4. The van der Waals surface area contributed by atoms with Crippen molar-refractivity contribution >= 4 is 57.7 Å². The van der Waals surface area contributed by atoms with E-state index < -0.39 is 29.5 Å². The summed E-state index contributed by atoms with van der Waals surface area (Å²) in [5, 5.41) is 16.4. The first kappa shape index (κ1) is 55.8. The molecular formula is C58H71ClN6O8S. The minimum absolute atomic E-state index is 0.00951. The first-order valence-corrected chi connectivity index (χ1v) is 27.0. The maximum Gasteiger partial charge on any atom is 0.246 e. The van der Waals surface area contributed by atoms with Gasteiger partial charge in [0.15, 0.2) is 0 Å². The average molecular weight is 1050 g/mol. The van der Waals surface area contributed by atoms with Gasteiger partial charge in [0.2, 0.25) is 23.6 Å². The number of carbonyl (C=O) groups excluding carboxylic acids is 4. The van der Waals surface area contributed by atoms with Crippen LogP contribution in [0.1, 0.15) is 74.4 Å². The largest absolute Gasteiger partial charge is 0.492 e. The molecule has 4 aromatic carbocycles. The number of β-amino-alcohol motifs (C(OH)–C–C–N with tert-alkyl or cyclic N) is 1. The standard InChI is InChI=1S/C58H71ClN6O8S/c1-41-54(74-40-61-41)46-17-15-42(16-18-46)38-60-56(69)50-37-47(66)39-65(50)57(70)55(58(2,3)4)62-51(67)24-32-71-35-36-72-33-25-52(68)64-29-27-63(28-30-64)31-34-73-48-21-19-45(20-22-48)53(44-13-9-6-10-14-44)49(23-26-59)43-11-7-5-8-12-43/h5-22,40,47,50,55,66H,23-39H2,1-4H3,(H,60,69)(H,62,67)/b53-49-/t47-,50+,55?/m1/s1. The fourth-order valence-electron chi connectivity index (χ4n) is 9.32. The lowest BCUT2D eigenvalue weighted by Gasteiger charge is -2.35. The topological polar surface area (TPSA) is 163 Å². The molecule has 3 atom stereocenters.